The highest BCUT2D eigenvalue weighted by Crippen LogP contribution is 2.20. The molecule has 0 saturated carbocycles. The van der Waals surface area contributed by atoms with Crippen LogP contribution in [0.1, 0.15) is 17.5 Å². The van der Waals surface area contributed by atoms with Crippen molar-refractivity contribution in [1.82, 2.24) is 15.5 Å². The van der Waals surface area contributed by atoms with Crippen LogP contribution in [-0.2, 0) is 6.54 Å². The summed E-state index contributed by atoms with van der Waals surface area (Å²) in [5.41, 5.74) is 0.659. The summed E-state index contributed by atoms with van der Waals surface area (Å²) in [5.74, 6) is -0.0696. The van der Waals surface area contributed by atoms with Gasteiger partial charge in [0.25, 0.3) is 0 Å². The maximum Gasteiger partial charge on any atom is 0.401 e. The van der Waals surface area contributed by atoms with Gasteiger partial charge in [-0.2, -0.15) is 18.4 Å². The third-order valence-corrected chi connectivity index (χ3v) is 3.86. The molecule has 0 radical (unpaired) electrons. The minimum atomic E-state index is -4.21. The highest BCUT2D eigenvalue weighted by molar-refractivity contribution is 14.0. The van der Waals surface area contributed by atoms with E-state index in [1.54, 1.807) is 0 Å². The monoisotopic (exact) mass is 485 g/mol. The van der Waals surface area contributed by atoms with E-state index in [4.69, 9.17) is 5.26 Å². The van der Waals surface area contributed by atoms with Crippen molar-refractivity contribution in [3.8, 4) is 6.07 Å². The van der Waals surface area contributed by atoms with Crippen LogP contribution in [0.25, 0.3) is 0 Å². The van der Waals surface area contributed by atoms with Gasteiger partial charge in [-0.05, 0) is 24.6 Å². The number of nitrogens with one attached hydrogen (secondary N) is 2. The molecule has 0 bridgehead atoms. The standard InChI is InChI=1S/C16H19F4N5.HI/c1-22-15(23-8-12-6-11(7-21)2-3-14(12)17)24-13-4-5-25(9-13)10-16(18,19)20;/h2-3,6,13H,4-5,8-10H2,1H3,(H2,22,23,24);1H. The van der Waals surface area contributed by atoms with E-state index in [-0.39, 0.29) is 43.1 Å². The predicted octanol–water partition coefficient (Wildman–Crippen LogP) is 2.62. The Morgan fingerprint density at radius 1 is 1.42 bits per heavy atom. The molecular formula is C16H20F4IN5. The summed E-state index contributed by atoms with van der Waals surface area (Å²) < 4.78 is 51.0. The fraction of sp³-hybridized carbons (Fsp3) is 0.500. The van der Waals surface area contributed by atoms with Gasteiger partial charge in [-0.1, -0.05) is 0 Å². The smallest absolute Gasteiger partial charge is 0.352 e. The van der Waals surface area contributed by atoms with Gasteiger partial charge in [0.05, 0.1) is 18.2 Å². The van der Waals surface area contributed by atoms with Crippen LogP contribution in [0.2, 0.25) is 0 Å². The highest BCUT2D eigenvalue weighted by atomic mass is 127. The fourth-order valence-electron chi connectivity index (χ4n) is 2.69. The first-order valence-corrected chi connectivity index (χ1v) is 7.75. The van der Waals surface area contributed by atoms with Crippen molar-refractivity contribution in [2.24, 2.45) is 4.99 Å². The molecular weight excluding hydrogens is 465 g/mol. The second-order valence-corrected chi connectivity index (χ2v) is 5.82. The number of halogens is 5. The number of rotatable bonds is 4. The average Bonchev–Trinajstić information content (AvgIpc) is 2.97. The highest BCUT2D eigenvalue weighted by Gasteiger charge is 2.34. The van der Waals surface area contributed by atoms with E-state index in [1.807, 2.05) is 6.07 Å². The lowest BCUT2D eigenvalue weighted by Gasteiger charge is -2.20. The van der Waals surface area contributed by atoms with Gasteiger partial charge >= 0.3 is 6.18 Å². The molecule has 1 heterocycles. The van der Waals surface area contributed by atoms with E-state index in [0.717, 1.165) is 0 Å². The van der Waals surface area contributed by atoms with Crippen LogP contribution in [0.4, 0.5) is 17.6 Å². The van der Waals surface area contributed by atoms with Crippen molar-refractivity contribution in [3.63, 3.8) is 0 Å². The SMILES string of the molecule is CN=C(NCc1cc(C#N)ccc1F)NC1CCN(CC(F)(F)F)C1.I. The second kappa shape index (κ2) is 9.91. The van der Waals surface area contributed by atoms with Crippen LogP contribution in [0.3, 0.4) is 0 Å². The van der Waals surface area contributed by atoms with Crippen molar-refractivity contribution >= 4 is 29.9 Å². The first-order valence-electron chi connectivity index (χ1n) is 7.75. The summed E-state index contributed by atoms with van der Waals surface area (Å²) >= 11 is 0. The average molecular weight is 485 g/mol. The largest absolute Gasteiger partial charge is 0.401 e. The lowest BCUT2D eigenvalue weighted by Crippen LogP contribution is -2.45. The molecule has 0 aliphatic carbocycles. The van der Waals surface area contributed by atoms with Crippen LogP contribution in [0.5, 0.6) is 0 Å². The molecule has 1 unspecified atom stereocenters. The van der Waals surface area contributed by atoms with Crippen molar-refractivity contribution in [2.75, 3.05) is 26.7 Å². The summed E-state index contributed by atoms with van der Waals surface area (Å²) in [7, 11) is 1.53. The number of nitrogens with zero attached hydrogens (tertiary/aromatic N) is 3. The second-order valence-electron chi connectivity index (χ2n) is 5.82. The van der Waals surface area contributed by atoms with Crippen LogP contribution < -0.4 is 10.6 Å². The van der Waals surface area contributed by atoms with Gasteiger partial charge in [0, 0.05) is 38.3 Å². The van der Waals surface area contributed by atoms with Crippen LogP contribution in [0, 0.1) is 17.1 Å². The normalized spacial score (nSPS) is 18.2. The van der Waals surface area contributed by atoms with Gasteiger partial charge in [-0.25, -0.2) is 4.39 Å². The van der Waals surface area contributed by atoms with Gasteiger partial charge in [0.1, 0.15) is 5.82 Å². The number of hydrogen-bond donors (Lipinski definition) is 2. The number of nitriles is 1. The van der Waals surface area contributed by atoms with Crippen molar-refractivity contribution in [2.45, 2.75) is 25.2 Å². The molecule has 5 nitrogen and oxygen atoms in total. The molecule has 1 aromatic carbocycles. The molecule has 1 aromatic rings. The molecule has 1 saturated heterocycles. The van der Waals surface area contributed by atoms with Gasteiger partial charge in [-0.15, -0.1) is 24.0 Å². The third kappa shape index (κ3) is 6.95. The van der Waals surface area contributed by atoms with E-state index in [2.05, 4.69) is 15.6 Å². The summed E-state index contributed by atoms with van der Waals surface area (Å²) in [4.78, 5) is 5.34. The van der Waals surface area contributed by atoms with Crippen LogP contribution >= 0.6 is 24.0 Å². The molecule has 1 atom stereocenters. The van der Waals surface area contributed by atoms with Crippen LogP contribution in [0.15, 0.2) is 23.2 Å². The minimum absolute atomic E-state index is 0. The zero-order valence-electron chi connectivity index (χ0n) is 14.1. The molecule has 2 rings (SSSR count). The number of aliphatic imine (C=N–C) groups is 1. The Morgan fingerprint density at radius 2 is 2.15 bits per heavy atom. The lowest BCUT2D eigenvalue weighted by molar-refractivity contribution is -0.143. The summed E-state index contributed by atoms with van der Waals surface area (Å²) in [6, 6.07) is 5.83. The Balaban J connectivity index is 0.00000338. The van der Waals surface area contributed by atoms with Gasteiger partial charge in [0.15, 0.2) is 5.96 Å². The molecule has 0 aromatic heterocycles. The van der Waals surface area contributed by atoms with Gasteiger partial charge in [0.2, 0.25) is 0 Å². The number of hydrogen-bond acceptors (Lipinski definition) is 3. The van der Waals surface area contributed by atoms with Crippen molar-refractivity contribution in [1.29, 1.82) is 5.26 Å². The molecule has 0 spiro atoms. The number of guanidine groups is 1. The van der Waals surface area contributed by atoms with E-state index in [0.29, 0.717) is 30.1 Å². The first-order chi connectivity index (χ1) is 11.8. The predicted molar refractivity (Wildman–Crippen MR) is 101 cm³/mol. The molecule has 1 aliphatic rings. The summed E-state index contributed by atoms with van der Waals surface area (Å²) in [5, 5.41) is 14.8. The molecule has 0 amide bonds. The Labute approximate surface area is 166 Å². The van der Waals surface area contributed by atoms with E-state index in [9.17, 15) is 17.6 Å². The van der Waals surface area contributed by atoms with E-state index in [1.165, 1.54) is 30.1 Å². The maximum atomic E-state index is 13.8. The number of alkyl halides is 3. The third-order valence-electron chi connectivity index (χ3n) is 3.86. The zero-order valence-corrected chi connectivity index (χ0v) is 16.4. The Bertz CT molecular complexity index is 672. The Hall–Kier alpha value is -1.61. The van der Waals surface area contributed by atoms with E-state index >= 15 is 0 Å². The van der Waals surface area contributed by atoms with Crippen molar-refractivity contribution < 1.29 is 17.6 Å². The molecule has 144 valence electrons. The summed E-state index contributed by atoms with van der Waals surface area (Å²) in [6.45, 7) is -0.200. The van der Waals surface area contributed by atoms with Crippen LogP contribution in [-0.4, -0.2) is 49.8 Å². The van der Waals surface area contributed by atoms with E-state index < -0.39 is 18.5 Å². The topological polar surface area (TPSA) is 63.5 Å². The molecule has 1 fully saturated rings. The Kier molecular flexibility index (Phi) is 8.55. The molecule has 2 N–H and O–H groups in total. The van der Waals surface area contributed by atoms with Gasteiger partial charge < -0.3 is 10.6 Å². The molecule has 26 heavy (non-hydrogen) atoms. The summed E-state index contributed by atoms with van der Waals surface area (Å²) in [6.07, 6.45) is -3.65. The van der Waals surface area contributed by atoms with Crippen molar-refractivity contribution in [3.05, 3.63) is 35.1 Å². The number of benzene rings is 1. The maximum absolute atomic E-state index is 13.8. The number of likely N-dealkylation sites (tertiary alicyclic amines) is 1. The first kappa shape index (κ1) is 22.4. The zero-order chi connectivity index (χ0) is 18.4. The molecule has 10 heteroatoms. The Morgan fingerprint density at radius 3 is 2.77 bits per heavy atom. The van der Waals surface area contributed by atoms with Gasteiger partial charge in [-0.3, -0.25) is 9.89 Å². The minimum Gasteiger partial charge on any atom is -0.352 e. The lowest BCUT2D eigenvalue weighted by atomic mass is 10.1. The molecule has 1 aliphatic heterocycles. The quantitative estimate of drug-likeness (QED) is 0.298. The fourth-order valence-corrected chi connectivity index (χ4v) is 2.69.